The van der Waals surface area contributed by atoms with Crippen LogP contribution in [0.3, 0.4) is 0 Å². The largest absolute Gasteiger partial charge is 0.522 e. The fraction of sp³-hybridized carbons (Fsp3) is 1.00. The number of rotatable bonds is 2. The SMILES string of the molecule is CCC(C)C(C)(C)N.O=S(=O)(O)C(F)(F)F. The van der Waals surface area contributed by atoms with Gasteiger partial charge in [0.25, 0.3) is 0 Å². The van der Waals surface area contributed by atoms with Crippen LogP contribution in [0.25, 0.3) is 0 Å². The van der Waals surface area contributed by atoms with Gasteiger partial charge in [0.15, 0.2) is 0 Å². The molecule has 0 saturated heterocycles. The highest BCUT2D eigenvalue weighted by atomic mass is 32.2. The quantitative estimate of drug-likeness (QED) is 0.592. The number of halogens is 3. The zero-order chi connectivity index (χ0) is 13.8. The molecule has 0 aromatic heterocycles. The minimum Gasteiger partial charge on any atom is -0.325 e. The summed E-state index contributed by atoms with van der Waals surface area (Å²) < 4.78 is 57.5. The predicted octanol–water partition coefficient (Wildman–Crippen LogP) is 2.16. The summed E-state index contributed by atoms with van der Waals surface area (Å²) in [4.78, 5) is 0. The normalized spacial score (nSPS) is 15.1. The van der Waals surface area contributed by atoms with E-state index >= 15 is 0 Å². The monoisotopic (exact) mass is 265 g/mol. The third kappa shape index (κ3) is 7.89. The van der Waals surface area contributed by atoms with Crippen molar-refractivity contribution in [3.63, 3.8) is 0 Å². The second-order valence-electron chi connectivity index (χ2n) is 4.05. The lowest BCUT2D eigenvalue weighted by Gasteiger charge is -2.25. The molecule has 0 aliphatic carbocycles. The van der Waals surface area contributed by atoms with E-state index in [1.807, 2.05) is 0 Å². The minimum atomic E-state index is -5.84. The van der Waals surface area contributed by atoms with Gasteiger partial charge in [-0.05, 0) is 19.8 Å². The lowest BCUT2D eigenvalue weighted by Crippen LogP contribution is -2.38. The van der Waals surface area contributed by atoms with Crippen molar-refractivity contribution >= 4 is 10.1 Å². The van der Waals surface area contributed by atoms with Gasteiger partial charge in [-0.15, -0.1) is 0 Å². The highest BCUT2D eigenvalue weighted by molar-refractivity contribution is 7.86. The maximum absolute atomic E-state index is 10.7. The van der Waals surface area contributed by atoms with Crippen LogP contribution in [0, 0.1) is 5.92 Å². The van der Waals surface area contributed by atoms with Crippen LogP contribution < -0.4 is 5.73 Å². The first-order valence-corrected chi connectivity index (χ1v) is 6.00. The summed E-state index contributed by atoms with van der Waals surface area (Å²) in [6, 6.07) is 0. The molecule has 0 fully saturated rings. The lowest BCUT2D eigenvalue weighted by molar-refractivity contribution is -0.0510. The minimum absolute atomic E-state index is 0.00868. The van der Waals surface area contributed by atoms with E-state index in [1.54, 1.807) is 0 Å². The Morgan fingerprint density at radius 3 is 1.56 bits per heavy atom. The van der Waals surface area contributed by atoms with Crippen molar-refractivity contribution in [2.75, 3.05) is 0 Å². The van der Waals surface area contributed by atoms with Crippen molar-refractivity contribution in [3.8, 4) is 0 Å². The molecule has 1 unspecified atom stereocenters. The highest BCUT2D eigenvalue weighted by Gasteiger charge is 2.44. The molecular formula is C8H18F3NO3S. The van der Waals surface area contributed by atoms with Crippen LogP contribution in [-0.4, -0.2) is 24.0 Å². The summed E-state index contributed by atoms with van der Waals surface area (Å²) >= 11 is 0. The van der Waals surface area contributed by atoms with Gasteiger partial charge in [-0.3, -0.25) is 4.55 Å². The van der Waals surface area contributed by atoms with Gasteiger partial charge in [-0.2, -0.15) is 21.6 Å². The summed E-state index contributed by atoms with van der Waals surface area (Å²) in [5.41, 5.74) is 0.263. The van der Waals surface area contributed by atoms with Gasteiger partial charge >= 0.3 is 15.6 Å². The molecule has 3 N–H and O–H groups in total. The van der Waals surface area contributed by atoms with Crippen molar-refractivity contribution in [2.24, 2.45) is 11.7 Å². The first-order chi connectivity index (χ1) is 6.73. The Bertz CT molecular complexity index is 293. The van der Waals surface area contributed by atoms with E-state index in [0.29, 0.717) is 5.92 Å². The fourth-order valence-electron chi connectivity index (χ4n) is 0.526. The zero-order valence-electron chi connectivity index (χ0n) is 9.67. The van der Waals surface area contributed by atoms with Gasteiger partial charge < -0.3 is 5.73 Å². The highest BCUT2D eigenvalue weighted by Crippen LogP contribution is 2.20. The van der Waals surface area contributed by atoms with Gasteiger partial charge in [-0.1, -0.05) is 20.3 Å². The third-order valence-electron chi connectivity index (χ3n) is 2.17. The van der Waals surface area contributed by atoms with E-state index in [2.05, 4.69) is 27.7 Å². The van der Waals surface area contributed by atoms with E-state index in [0.717, 1.165) is 0 Å². The Labute approximate surface area is 93.8 Å². The first kappa shape index (κ1) is 18.0. The average molecular weight is 265 g/mol. The number of hydrogen-bond acceptors (Lipinski definition) is 3. The van der Waals surface area contributed by atoms with Gasteiger partial charge in [0.1, 0.15) is 0 Å². The summed E-state index contributed by atoms with van der Waals surface area (Å²) in [5.74, 6) is 0.627. The maximum Gasteiger partial charge on any atom is 0.522 e. The zero-order valence-corrected chi connectivity index (χ0v) is 10.5. The molecule has 8 heteroatoms. The molecule has 0 aliphatic heterocycles. The molecule has 0 bridgehead atoms. The number of alkyl halides is 3. The van der Waals surface area contributed by atoms with E-state index in [4.69, 9.17) is 18.7 Å². The molecule has 0 aliphatic rings. The van der Waals surface area contributed by atoms with Gasteiger partial charge in [0, 0.05) is 5.54 Å². The summed E-state index contributed by atoms with van der Waals surface area (Å²) in [6.45, 7) is 8.49. The van der Waals surface area contributed by atoms with Crippen LogP contribution in [-0.2, 0) is 10.1 Å². The standard InChI is InChI=1S/C7H17N.CHF3O3S/c1-5-6(2)7(3,4)8;2-1(3,4)8(5,6)7/h6H,5,8H2,1-4H3;(H,5,6,7). The van der Waals surface area contributed by atoms with Crippen LogP contribution in [0.5, 0.6) is 0 Å². The predicted molar refractivity (Wildman–Crippen MR) is 55.3 cm³/mol. The number of hydrogen-bond donors (Lipinski definition) is 2. The molecule has 0 aromatic carbocycles. The smallest absolute Gasteiger partial charge is 0.325 e. The molecule has 0 heterocycles. The number of nitrogens with two attached hydrogens (primary N) is 1. The van der Waals surface area contributed by atoms with E-state index < -0.39 is 15.6 Å². The Balaban J connectivity index is 0. The van der Waals surface area contributed by atoms with Crippen LogP contribution in [0.2, 0.25) is 0 Å². The van der Waals surface area contributed by atoms with Crippen LogP contribution in [0.4, 0.5) is 13.2 Å². The first-order valence-electron chi connectivity index (χ1n) is 4.56. The average Bonchev–Trinajstić information content (AvgIpc) is 1.98. The third-order valence-corrected chi connectivity index (χ3v) is 2.76. The van der Waals surface area contributed by atoms with E-state index in [-0.39, 0.29) is 5.54 Å². The molecule has 4 nitrogen and oxygen atoms in total. The van der Waals surface area contributed by atoms with Crippen molar-refractivity contribution in [1.82, 2.24) is 0 Å². The molecule has 0 saturated carbocycles. The van der Waals surface area contributed by atoms with E-state index in [1.165, 1.54) is 6.42 Å². The van der Waals surface area contributed by atoms with Crippen LogP contribution >= 0.6 is 0 Å². The van der Waals surface area contributed by atoms with Gasteiger partial charge in [0.05, 0.1) is 0 Å². The Morgan fingerprint density at radius 2 is 1.56 bits per heavy atom. The Kier molecular flexibility index (Phi) is 6.57. The Hall–Kier alpha value is -0.340. The lowest BCUT2D eigenvalue weighted by atomic mass is 9.88. The molecule has 0 radical (unpaired) electrons. The molecule has 0 amide bonds. The maximum atomic E-state index is 10.7. The van der Waals surface area contributed by atoms with Crippen molar-refractivity contribution < 1.29 is 26.1 Å². The second-order valence-corrected chi connectivity index (χ2v) is 5.46. The molecule has 1 atom stereocenters. The molecule has 0 spiro atoms. The van der Waals surface area contributed by atoms with Gasteiger partial charge in [0.2, 0.25) is 0 Å². The van der Waals surface area contributed by atoms with Crippen molar-refractivity contribution in [2.45, 2.75) is 45.2 Å². The Morgan fingerprint density at radius 1 is 1.31 bits per heavy atom. The van der Waals surface area contributed by atoms with Crippen molar-refractivity contribution in [1.29, 1.82) is 0 Å². The molecular weight excluding hydrogens is 247 g/mol. The van der Waals surface area contributed by atoms with Crippen molar-refractivity contribution in [3.05, 3.63) is 0 Å². The fourth-order valence-corrected chi connectivity index (χ4v) is 0.526. The van der Waals surface area contributed by atoms with Gasteiger partial charge in [-0.25, -0.2) is 0 Å². The summed E-state index contributed by atoms with van der Waals surface area (Å²) in [5, 5.41) is 0. The van der Waals surface area contributed by atoms with Crippen LogP contribution in [0.1, 0.15) is 34.1 Å². The van der Waals surface area contributed by atoms with E-state index in [9.17, 15) is 13.2 Å². The van der Waals surface area contributed by atoms with Crippen LogP contribution in [0.15, 0.2) is 0 Å². The molecule has 0 rings (SSSR count). The summed E-state index contributed by atoms with van der Waals surface area (Å²) in [7, 11) is -5.84. The summed E-state index contributed by atoms with van der Waals surface area (Å²) in [6.07, 6.45) is 1.17. The topological polar surface area (TPSA) is 80.4 Å². The molecule has 100 valence electrons. The molecule has 16 heavy (non-hydrogen) atoms. The molecule has 0 aromatic rings. The second kappa shape index (κ2) is 5.83.